The molecule has 3 rings (SSSR count). The molecule has 28 heavy (non-hydrogen) atoms. The number of rotatable bonds is 7. The van der Waals surface area contributed by atoms with E-state index in [1.54, 1.807) is 12.1 Å². The molecule has 146 valence electrons. The Morgan fingerprint density at radius 1 is 1.43 bits per heavy atom. The smallest absolute Gasteiger partial charge is 0.294 e. The van der Waals surface area contributed by atoms with Crippen LogP contribution >= 0.6 is 0 Å². The van der Waals surface area contributed by atoms with Crippen molar-refractivity contribution < 1.29 is 10.0 Å². The third-order valence-corrected chi connectivity index (χ3v) is 4.39. The Balaban J connectivity index is 1.76. The Labute approximate surface area is 160 Å². The Morgan fingerprint density at radius 3 is 2.82 bits per heavy atom. The van der Waals surface area contributed by atoms with Crippen molar-refractivity contribution in [3.63, 3.8) is 0 Å². The molecule has 0 radical (unpaired) electrons. The van der Waals surface area contributed by atoms with E-state index in [1.807, 2.05) is 11.0 Å². The number of aromatic amines is 1. The van der Waals surface area contributed by atoms with E-state index in [9.17, 15) is 15.4 Å². The number of hydrogen-bond acceptors (Lipinski definition) is 10. The molecule has 1 saturated heterocycles. The number of nitrogens with zero attached hydrogens (tertiary/aromatic N) is 7. The number of nitro groups is 1. The van der Waals surface area contributed by atoms with E-state index < -0.39 is 4.92 Å². The number of nitrogens with one attached hydrogen (secondary N) is 2. The van der Waals surface area contributed by atoms with E-state index in [4.69, 9.17) is 5.11 Å². The fourth-order valence-corrected chi connectivity index (χ4v) is 2.96. The van der Waals surface area contributed by atoms with E-state index in [0.717, 1.165) is 13.1 Å². The van der Waals surface area contributed by atoms with Gasteiger partial charge < -0.3 is 15.3 Å². The van der Waals surface area contributed by atoms with Gasteiger partial charge in [0.1, 0.15) is 17.3 Å². The minimum absolute atomic E-state index is 0.0212. The number of hydrogen-bond donors (Lipinski definition) is 3. The highest BCUT2D eigenvalue weighted by molar-refractivity contribution is 5.75. The number of anilines is 2. The Bertz CT molecular complexity index is 883. The Hall–Kier alpha value is -3.56. The second-order valence-corrected chi connectivity index (χ2v) is 6.06. The molecule has 1 aliphatic rings. The monoisotopic (exact) mass is 385 g/mol. The molecule has 3 N–H and O–H groups in total. The van der Waals surface area contributed by atoms with Crippen LogP contribution in [-0.2, 0) is 0 Å². The third kappa shape index (κ3) is 4.40. The molecule has 0 atom stereocenters. The topological polar surface area (TPSA) is 160 Å². The first kappa shape index (κ1) is 19.2. The van der Waals surface area contributed by atoms with Crippen molar-refractivity contribution in [2.24, 2.45) is 0 Å². The summed E-state index contributed by atoms with van der Waals surface area (Å²) in [5.41, 5.74) is 1.13. The van der Waals surface area contributed by atoms with Crippen LogP contribution in [0.4, 0.5) is 17.1 Å². The second kappa shape index (κ2) is 8.89. The van der Waals surface area contributed by atoms with Crippen LogP contribution in [-0.4, -0.2) is 74.9 Å². The van der Waals surface area contributed by atoms with Gasteiger partial charge in [0.2, 0.25) is 5.82 Å². The summed E-state index contributed by atoms with van der Waals surface area (Å²) in [7, 11) is 0. The van der Waals surface area contributed by atoms with Crippen LogP contribution in [0.1, 0.15) is 5.82 Å². The number of aromatic nitrogens is 4. The molecule has 1 aromatic heterocycles. The molecule has 2 aromatic rings. The number of allylic oxidation sites excluding steroid dienone is 1. The zero-order valence-corrected chi connectivity index (χ0v) is 14.9. The number of nitriles is 1. The first-order chi connectivity index (χ1) is 13.6. The molecule has 0 amide bonds. The Morgan fingerprint density at radius 2 is 2.21 bits per heavy atom. The molecule has 0 bridgehead atoms. The van der Waals surface area contributed by atoms with Gasteiger partial charge in [0.05, 0.1) is 11.5 Å². The van der Waals surface area contributed by atoms with Gasteiger partial charge in [-0.15, -0.1) is 10.2 Å². The molecule has 0 unspecified atom stereocenters. The van der Waals surface area contributed by atoms with E-state index in [1.165, 1.54) is 12.3 Å². The van der Waals surface area contributed by atoms with E-state index in [-0.39, 0.29) is 23.7 Å². The lowest BCUT2D eigenvalue weighted by atomic mass is 10.2. The van der Waals surface area contributed by atoms with Crippen LogP contribution in [0.3, 0.4) is 0 Å². The van der Waals surface area contributed by atoms with E-state index in [0.29, 0.717) is 31.0 Å². The minimum atomic E-state index is -0.422. The number of aliphatic hydroxyl groups is 1. The zero-order chi connectivity index (χ0) is 19.9. The number of piperazine rings is 1. The standard InChI is InChI=1S/C16H19N9O3/c17-10-12(16-19-21-22-20-16)11-18-13-1-2-14(15(9-13)25(27)28)24-5-3-23(4-6-24)7-8-26/h1-2,9,11,18,26H,3-8H2,(H,19,20,21,22). The number of β-amino-alcohol motifs (C(OH)–C–C–N with tert-alkyl or cyclic N) is 1. The highest BCUT2D eigenvalue weighted by atomic mass is 16.6. The summed E-state index contributed by atoms with van der Waals surface area (Å²) < 4.78 is 0. The number of benzene rings is 1. The van der Waals surface area contributed by atoms with Gasteiger partial charge in [-0.3, -0.25) is 15.0 Å². The maximum Gasteiger partial charge on any atom is 0.294 e. The summed E-state index contributed by atoms with van der Waals surface area (Å²) in [4.78, 5) is 15.2. The maximum absolute atomic E-state index is 11.6. The molecule has 0 saturated carbocycles. The molecule has 2 heterocycles. The van der Waals surface area contributed by atoms with Crippen LogP contribution in [0.25, 0.3) is 5.57 Å². The highest BCUT2D eigenvalue weighted by Crippen LogP contribution is 2.32. The highest BCUT2D eigenvalue weighted by Gasteiger charge is 2.24. The molecule has 0 aliphatic carbocycles. The van der Waals surface area contributed by atoms with Crippen molar-refractivity contribution in [1.82, 2.24) is 25.5 Å². The summed E-state index contributed by atoms with van der Waals surface area (Å²) >= 11 is 0. The summed E-state index contributed by atoms with van der Waals surface area (Å²) in [6.07, 6.45) is 1.37. The van der Waals surface area contributed by atoms with Gasteiger partial charge in [0, 0.05) is 50.7 Å². The van der Waals surface area contributed by atoms with Crippen molar-refractivity contribution in [3.8, 4) is 6.07 Å². The fourth-order valence-electron chi connectivity index (χ4n) is 2.96. The Kier molecular flexibility index (Phi) is 6.10. The summed E-state index contributed by atoms with van der Waals surface area (Å²) in [6.45, 7) is 3.45. The number of H-pyrrole nitrogens is 1. The van der Waals surface area contributed by atoms with Gasteiger partial charge in [-0.05, 0) is 17.3 Å². The number of nitro benzene ring substituents is 1. The summed E-state index contributed by atoms with van der Waals surface area (Å²) in [5, 5.41) is 45.8. The average molecular weight is 385 g/mol. The van der Waals surface area contributed by atoms with Crippen LogP contribution < -0.4 is 10.2 Å². The number of tetrazole rings is 1. The molecule has 0 spiro atoms. The lowest BCUT2D eigenvalue weighted by Crippen LogP contribution is -2.47. The fraction of sp³-hybridized carbons (Fsp3) is 0.375. The SMILES string of the molecule is N#CC(=CNc1ccc(N2CCN(CCO)CC2)c([N+](=O)[O-])c1)c1nn[nH]n1. The van der Waals surface area contributed by atoms with Crippen molar-refractivity contribution in [2.45, 2.75) is 0 Å². The molecule has 1 aliphatic heterocycles. The van der Waals surface area contributed by atoms with Crippen LogP contribution in [0.15, 0.2) is 24.4 Å². The molecular formula is C16H19N9O3. The minimum Gasteiger partial charge on any atom is -0.395 e. The van der Waals surface area contributed by atoms with Gasteiger partial charge in [-0.2, -0.15) is 10.5 Å². The summed E-state index contributed by atoms with van der Waals surface area (Å²) in [5.74, 6) is 0.127. The van der Waals surface area contributed by atoms with Crippen molar-refractivity contribution >= 4 is 22.6 Å². The van der Waals surface area contributed by atoms with Gasteiger partial charge in [0.15, 0.2) is 0 Å². The molecule has 12 heteroatoms. The quantitative estimate of drug-likeness (QED) is 0.341. The number of aliphatic hydroxyl groups excluding tert-OH is 1. The first-order valence-electron chi connectivity index (χ1n) is 8.59. The second-order valence-electron chi connectivity index (χ2n) is 6.06. The molecule has 12 nitrogen and oxygen atoms in total. The van der Waals surface area contributed by atoms with Crippen LogP contribution in [0.2, 0.25) is 0 Å². The maximum atomic E-state index is 11.6. The molecule has 1 fully saturated rings. The van der Waals surface area contributed by atoms with E-state index >= 15 is 0 Å². The van der Waals surface area contributed by atoms with E-state index in [2.05, 4.69) is 30.8 Å². The molecule has 1 aromatic carbocycles. The largest absolute Gasteiger partial charge is 0.395 e. The zero-order valence-electron chi connectivity index (χ0n) is 14.9. The van der Waals surface area contributed by atoms with Gasteiger partial charge in [0.25, 0.3) is 5.69 Å². The van der Waals surface area contributed by atoms with Crippen LogP contribution in [0.5, 0.6) is 0 Å². The van der Waals surface area contributed by atoms with Crippen molar-refractivity contribution in [2.75, 3.05) is 49.5 Å². The predicted octanol–water partition coefficient (Wildman–Crippen LogP) is 0.199. The third-order valence-electron chi connectivity index (χ3n) is 4.39. The van der Waals surface area contributed by atoms with Gasteiger partial charge in [-0.1, -0.05) is 0 Å². The average Bonchev–Trinajstić information content (AvgIpc) is 3.24. The summed E-state index contributed by atoms with van der Waals surface area (Å²) in [6, 6.07) is 6.77. The van der Waals surface area contributed by atoms with Gasteiger partial charge in [-0.25, -0.2) is 0 Å². The normalized spacial score (nSPS) is 15.3. The first-order valence-corrected chi connectivity index (χ1v) is 8.59. The molecular weight excluding hydrogens is 366 g/mol. The van der Waals surface area contributed by atoms with Crippen molar-refractivity contribution in [3.05, 3.63) is 40.3 Å². The van der Waals surface area contributed by atoms with Crippen molar-refractivity contribution in [1.29, 1.82) is 5.26 Å². The van der Waals surface area contributed by atoms with Crippen LogP contribution in [0, 0.1) is 21.4 Å². The van der Waals surface area contributed by atoms with Gasteiger partial charge >= 0.3 is 0 Å². The predicted molar refractivity (Wildman–Crippen MR) is 100 cm³/mol. The lowest BCUT2D eigenvalue weighted by Gasteiger charge is -2.35. The lowest BCUT2D eigenvalue weighted by molar-refractivity contribution is -0.384.